The summed E-state index contributed by atoms with van der Waals surface area (Å²) in [4.78, 5) is 44.0. The van der Waals surface area contributed by atoms with Crippen LogP contribution in [0, 0.1) is 13.8 Å². The summed E-state index contributed by atoms with van der Waals surface area (Å²) in [6.45, 7) is 7.92. The molecule has 180 valence electrons. The molecule has 0 spiro atoms. The Morgan fingerprint density at radius 2 is 1.91 bits per heavy atom. The average Bonchev–Trinajstić information content (AvgIpc) is 3.28. The number of ether oxygens (including phenoxy) is 1. The fourth-order valence-corrected chi connectivity index (χ4v) is 4.87. The molecule has 35 heavy (non-hydrogen) atoms. The van der Waals surface area contributed by atoms with Crippen LogP contribution in [0.15, 0.2) is 59.0 Å². The molecular formula is C27H27N3O4S. The molecule has 1 N–H and O–H groups in total. The molecule has 0 fully saturated rings. The number of hydrogen-bond donors (Lipinski definition) is 1. The van der Waals surface area contributed by atoms with Crippen molar-refractivity contribution >= 4 is 39.1 Å². The lowest BCUT2D eigenvalue weighted by molar-refractivity contribution is -0.119. The van der Waals surface area contributed by atoms with Gasteiger partial charge in [-0.05, 0) is 62.1 Å². The maximum absolute atomic E-state index is 13.6. The minimum Gasteiger partial charge on any atom is -0.462 e. The summed E-state index contributed by atoms with van der Waals surface area (Å²) in [7, 11) is 0. The molecule has 1 unspecified atom stereocenters. The van der Waals surface area contributed by atoms with Crippen molar-refractivity contribution in [2.24, 2.45) is 0 Å². The number of anilines is 1. The molecule has 0 saturated heterocycles. The third-order valence-corrected chi connectivity index (χ3v) is 6.89. The van der Waals surface area contributed by atoms with Gasteiger partial charge >= 0.3 is 5.97 Å². The minimum absolute atomic E-state index is 0.258. The quantitative estimate of drug-likeness (QED) is 0.346. The first-order chi connectivity index (χ1) is 16.8. The number of hydrogen-bond acceptors (Lipinski definition) is 6. The largest absolute Gasteiger partial charge is 0.462 e. The number of esters is 1. The van der Waals surface area contributed by atoms with E-state index in [2.05, 4.69) is 16.4 Å². The first-order valence-electron chi connectivity index (χ1n) is 11.5. The predicted octanol–water partition coefficient (Wildman–Crippen LogP) is 5.51. The van der Waals surface area contributed by atoms with Gasteiger partial charge in [-0.2, -0.15) is 0 Å². The lowest BCUT2D eigenvalue weighted by Gasteiger charge is -2.18. The molecule has 0 aliphatic heterocycles. The molecule has 0 radical (unpaired) electrons. The van der Waals surface area contributed by atoms with Crippen molar-refractivity contribution in [1.82, 2.24) is 9.55 Å². The van der Waals surface area contributed by atoms with Gasteiger partial charge in [0.1, 0.15) is 10.9 Å². The van der Waals surface area contributed by atoms with Gasteiger partial charge in [0.2, 0.25) is 5.91 Å². The van der Waals surface area contributed by atoms with E-state index in [-0.39, 0.29) is 18.1 Å². The second-order valence-corrected chi connectivity index (χ2v) is 9.16. The van der Waals surface area contributed by atoms with Gasteiger partial charge in [-0.15, -0.1) is 11.3 Å². The monoisotopic (exact) mass is 489 g/mol. The van der Waals surface area contributed by atoms with E-state index in [1.165, 1.54) is 27.8 Å². The van der Waals surface area contributed by atoms with E-state index in [9.17, 15) is 14.4 Å². The van der Waals surface area contributed by atoms with Gasteiger partial charge in [-0.3, -0.25) is 14.2 Å². The Kier molecular flexibility index (Phi) is 7.12. The van der Waals surface area contributed by atoms with Crippen molar-refractivity contribution < 1.29 is 14.3 Å². The zero-order chi connectivity index (χ0) is 25.1. The van der Waals surface area contributed by atoms with Gasteiger partial charge in [0.05, 0.1) is 23.9 Å². The molecule has 8 heteroatoms. The van der Waals surface area contributed by atoms with E-state index in [4.69, 9.17) is 4.74 Å². The average molecular weight is 490 g/mol. The third-order valence-electron chi connectivity index (χ3n) is 6.00. The number of amides is 1. The number of thiophene rings is 1. The molecule has 0 bridgehead atoms. The summed E-state index contributed by atoms with van der Waals surface area (Å²) in [5.41, 5.74) is 4.62. The Balaban J connectivity index is 1.68. The van der Waals surface area contributed by atoms with E-state index < -0.39 is 12.0 Å². The first-order valence-corrected chi connectivity index (χ1v) is 12.4. The molecule has 0 saturated carbocycles. The Hall–Kier alpha value is -3.78. The molecule has 2 aromatic carbocycles. The minimum atomic E-state index is -0.766. The van der Waals surface area contributed by atoms with Crippen LogP contribution in [-0.2, 0) is 9.53 Å². The molecule has 4 aromatic rings. The lowest BCUT2D eigenvalue weighted by atomic mass is 10.0. The van der Waals surface area contributed by atoms with Gasteiger partial charge in [0.25, 0.3) is 5.56 Å². The van der Waals surface area contributed by atoms with Crippen molar-refractivity contribution in [3.05, 3.63) is 81.2 Å². The number of nitrogens with zero attached hydrogens (tertiary/aromatic N) is 2. The molecule has 7 nitrogen and oxygen atoms in total. The Morgan fingerprint density at radius 3 is 2.63 bits per heavy atom. The van der Waals surface area contributed by atoms with Crippen molar-refractivity contribution in [2.45, 2.75) is 40.2 Å². The standard InChI is InChI=1S/C27H27N3O4S/c1-5-22(24(31)29-20-9-7-8-19(13-20)27(33)34-6-2)30-15-28-25-23(26(30)32)21(14-35-25)18-11-10-16(3)17(4)12-18/h7-15,22H,5-6H2,1-4H3,(H,29,31). The van der Waals surface area contributed by atoms with Gasteiger partial charge in [-0.1, -0.05) is 31.2 Å². The molecule has 1 amide bonds. The maximum atomic E-state index is 13.6. The number of carbonyl (C=O) groups is 2. The molecule has 0 aliphatic rings. The summed E-state index contributed by atoms with van der Waals surface area (Å²) < 4.78 is 6.42. The van der Waals surface area contributed by atoms with E-state index in [0.29, 0.717) is 27.9 Å². The van der Waals surface area contributed by atoms with Crippen LogP contribution in [-0.4, -0.2) is 28.0 Å². The van der Waals surface area contributed by atoms with Gasteiger partial charge in [-0.25, -0.2) is 9.78 Å². The van der Waals surface area contributed by atoms with Crippen LogP contribution >= 0.6 is 11.3 Å². The van der Waals surface area contributed by atoms with Crippen LogP contribution in [0.1, 0.15) is 47.8 Å². The zero-order valence-corrected chi connectivity index (χ0v) is 20.9. The molecular weight excluding hydrogens is 462 g/mol. The highest BCUT2D eigenvalue weighted by Gasteiger charge is 2.23. The van der Waals surface area contributed by atoms with E-state index >= 15 is 0 Å². The summed E-state index contributed by atoms with van der Waals surface area (Å²) in [5, 5.41) is 5.28. The van der Waals surface area contributed by atoms with Gasteiger partial charge < -0.3 is 10.1 Å². The summed E-state index contributed by atoms with van der Waals surface area (Å²) in [5.74, 6) is -0.822. The van der Waals surface area contributed by atoms with E-state index in [1.807, 2.05) is 38.3 Å². The van der Waals surface area contributed by atoms with Crippen molar-refractivity contribution in [3.63, 3.8) is 0 Å². The number of aryl methyl sites for hydroxylation is 2. The third kappa shape index (κ3) is 4.88. The highest BCUT2D eigenvalue weighted by atomic mass is 32.1. The van der Waals surface area contributed by atoms with Crippen LogP contribution in [0.5, 0.6) is 0 Å². The maximum Gasteiger partial charge on any atom is 0.338 e. The fourth-order valence-electron chi connectivity index (χ4n) is 3.96. The van der Waals surface area contributed by atoms with E-state index in [0.717, 1.165) is 16.7 Å². The van der Waals surface area contributed by atoms with Crippen LogP contribution < -0.4 is 10.9 Å². The zero-order valence-electron chi connectivity index (χ0n) is 20.1. The number of fused-ring (bicyclic) bond motifs is 1. The fraction of sp³-hybridized carbons (Fsp3) is 0.259. The molecule has 1 atom stereocenters. The molecule has 4 rings (SSSR count). The second-order valence-electron chi connectivity index (χ2n) is 8.30. The van der Waals surface area contributed by atoms with Crippen molar-refractivity contribution in [3.8, 4) is 11.1 Å². The number of carbonyl (C=O) groups excluding carboxylic acids is 2. The lowest BCUT2D eigenvalue weighted by Crippen LogP contribution is -2.33. The van der Waals surface area contributed by atoms with Crippen LogP contribution in [0.25, 0.3) is 21.3 Å². The molecule has 2 heterocycles. The Bertz CT molecular complexity index is 1470. The van der Waals surface area contributed by atoms with Crippen LogP contribution in [0.4, 0.5) is 5.69 Å². The number of benzene rings is 2. The Labute approximate surface area is 207 Å². The Morgan fingerprint density at radius 1 is 1.11 bits per heavy atom. The first kappa shape index (κ1) is 24.3. The summed E-state index contributed by atoms with van der Waals surface area (Å²) in [6.07, 6.45) is 1.83. The smallest absolute Gasteiger partial charge is 0.338 e. The van der Waals surface area contributed by atoms with E-state index in [1.54, 1.807) is 31.2 Å². The van der Waals surface area contributed by atoms with Crippen LogP contribution in [0.2, 0.25) is 0 Å². The number of nitrogens with one attached hydrogen (secondary N) is 1. The van der Waals surface area contributed by atoms with Crippen LogP contribution in [0.3, 0.4) is 0 Å². The topological polar surface area (TPSA) is 90.3 Å². The number of aromatic nitrogens is 2. The summed E-state index contributed by atoms with van der Waals surface area (Å²) >= 11 is 1.41. The van der Waals surface area contributed by atoms with Crippen molar-refractivity contribution in [2.75, 3.05) is 11.9 Å². The normalized spacial score (nSPS) is 11.9. The summed E-state index contributed by atoms with van der Waals surface area (Å²) in [6, 6.07) is 11.9. The van der Waals surface area contributed by atoms with Gasteiger partial charge in [0.15, 0.2) is 0 Å². The number of rotatable bonds is 7. The molecule has 2 aromatic heterocycles. The predicted molar refractivity (Wildman–Crippen MR) is 139 cm³/mol. The van der Waals surface area contributed by atoms with Crippen molar-refractivity contribution in [1.29, 1.82) is 0 Å². The highest BCUT2D eigenvalue weighted by Crippen LogP contribution is 2.32. The van der Waals surface area contributed by atoms with Gasteiger partial charge in [0, 0.05) is 16.6 Å². The SMILES string of the molecule is CCOC(=O)c1cccc(NC(=O)C(CC)n2cnc3scc(-c4ccc(C)c(C)c4)c3c2=O)c1. The highest BCUT2D eigenvalue weighted by molar-refractivity contribution is 7.17. The molecule has 0 aliphatic carbocycles. The second kappa shape index (κ2) is 10.2.